The molecule has 0 aliphatic heterocycles. The summed E-state index contributed by atoms with van der Waals surface area (Å²) in [6.07, 6.45) is 0. The SMILES string of the molecule is Cc1cc(NC(=O)c2cc3cc(N)ccc3o2)n[nH]1. The Hall–Kier alpha value is -2.76. The predicted octanol–water partition coefficient (Wildman–Crippen LogP) is 2.30. The molecule has 2 aromatic heterocycles. The lowest BCUT2D eigenvalue weighted by Gasteiger charge is -1.96. The minimum absolute atomic E-state index is 0.223. The molecule has 0 aliphatic carbocycles. The lowest BCUT2D eigenvalue weighted by Crippen LogP contribution is -2.10. The maximum atomic E-state index is 12.0. The van der Waals surface area contributed by atoms with Crippen LogP contribution in [0, 0.1) is 6.92 Å². The zero-order valence-corrected chi connectivity index (χ0v) is 10.2. The number of fused-ring (bicyclic) bond motifs is 1. The van der Waals surface area contributed by atoms with E-state index in [0.29, 0.717) is 17.1 Å². The Morgan fingerprint density at radius 3 is 2.95 bits per heavy atom. The molecule has 3 rings (SSSR count). The first-order valence-corrected chi connectivity index (χ1v) is 5.74. The molecule has 6 nitrogen and oxygen atoms in total. The van der Waals surface area contributed by atoms with E-state index in [1.54, 1.807) is 30.3 Å². The number of nitrogens with two attached hydrogens (primary N) is 1. The molecule has 0 radical (unpaired) electrons. The molecule has 0 saturated heterocycles. The lowest BCUT2D eigenvalue weighted by molar-refractivity contribution is 0.0998. The van der Waals surface area contributed by atoms with Crippen molar-refractivity contribution in [3.05, 3.63) is 41.8 Å². The van der Waals surface area contributed by atoms with Crippen molar-refractivity contribution in [2.75, 3.05) is 11.1 Å². The maximum absolute atomic E-state index is 12.0. The molecule has 0 aliphatic rings. The Balaban J connectivity index is 1.89. The molecule has 96 valence electrons. The molecule has 0 bridgehead atoms. The van der Waals surface area contributed by atoms with E-state index in [2.05, 4.69) is 15.5 Å². The molecule has 6 heteroatoms. The fraction of sp³-hybridized carbons (Fsp3) is 0.0769. The first-order valence-electron chi connectivity index (χ1n) is 5.74. The summed E-state index contributed by atoms with van der Waals surface area (Å²) < 4.78 is 5.46. The van der Waals surface area contributed by atoms with Gasteiger partial charge in [0, 0.05) is 22.8 Å². The third kappa shape index (κ3) is 2.15. The number of aromatic nitrogens is 2. The van der Waals surface area contributed by atoms with Crippen molar-refractivity contribution in [2.24, 2.45) is 0 Å². The van der Waals surface area contributed by atoms with E-state index in [4.69, 9.17) is 10.2 Å². The molecular formula is C13H12N4O2. The topological polar surface area (TPSA) is 96.9 Å². The van der Waals surface area contributed by atoms with Gasteiger partial charge < -0.3 is 15.5 Å². The lowest BCUT2D eigenvalue weighted by atomic mass is 10.2. The van der Waals surface area contributed by atoms with Gasteiger partial charge in [0.2, 0.25) is 0 Å². The Morgan fingerprint density at radius 2 is 2.21 bits per heavy atom. The number of rotatable bonds is 2. The van der Waals surface area contributed by atoms with Crippen LogP contribution in [-0.2, 0) is 0 Å². The number of hydrogen-bond acceptors (Lipinski definition) is 4. The summed E-state index contributed by atoms with van der Waals surface area (Å²) in [7, 11) is 0. The van der Waals surface area contributed by atoms with Crippen LogP contribution in [0.5, 0.6) is 0 Å². The summed E-state index contributed by atoms with van der Waals surface area (Å²) in [4.78, 5) is 12.0. The van der Waals surface area contributed by atoms with Crippen LogP contribution in [0.4, 0.5) is 11.5 Å². The Labute approximate surface area is 108 Å². The van der Waals surface area contributed by atoms with Crippen molar-refractivity contribution in [3.63, 3.8) is 0 Å². The van der Waals surface area contributed by atoms with Crippen molar-refractivity contribution in [1.29, 1.82) is 0 Å². The number of carbonyl (C=O) groups excluding carboxylic acids is 1. The van der Waals surface area contributed by atoms with Gasteiger partial charge >= 0.3 is 0 Å². The van der Waals surface area contributed by atoms with Crippen LogP contribution in [0.25, 0.3) is 11.0 Å². The predicted molar refractivity (Wildman–Crippen MR) is 71.9 cm³/mol. The minimum Gasteiger partial charge on any atom is -0.451 e. The molecular weight excluding hydrogens is 244 g/mol. The summed E-state index contributed by atoms with van der Waals surface area (Å²) in [5, 5.41) is 10.1. The van der Waals surface area contributed by atoms with Gasteiger partial charge in [-0.1, -0.05) is 0 Å². The Bertz CT molecular complexity index is 757. The van der Waals surface area contributed by atoms with Crippen LogP contribution in [0.15, 0.2) is 34.7 Å². The number of nitrogens with one attached hydrogen (secondary N) is 2. The fourth-order valence-electron chi connectivity index (χ4n) is 1.83. The van der Waals surface area contributed by atoms with Crippen LogP contribution in [-0.4, -0.2) is 16.1 Å². The molecule has 4 N–H and O–H groups in total. The van der Waals surface area contributed by atoms with Crippen molar-refractivity contribution in [3.8, 4) is 0 Å². The highest BCUT2D eigenvalue weighted by Gasteiger charge is 2.13. The van der Waals surface area contributed by atoms with E-state index >= 15 is 0 Å². The average molecular weight is 256 g/mol. The molecule has 3 aromatic rings. The highest BCUT2D eigenvalue weighted by molar-refractivity contribution is 6.04. The van der Waals surface area contributed by atoms with Gasteiger partial charge in [-0.05, 0) is 31.2 Å². The van der Waals surface area contributed by atoms with Crippen LogP contribution in [0.1, 0.15) is 16.2 Å². The Morgan fingerprint density at radius 1 is 1.37 bits per heavy atom. The molecule has 19 heavy (non-hydrogen) atoms. The molecule has 1 amide bonds. The third-order valence-corrected chi connectivity index (χ3v) is 2.71. The zero-order valence-electron chi connectivity index (χ0n) is 10.2. The van der Waals surface area contributed by atoms with Crippen molar-refractivity contribution in [2.45, 2.75) is 6.92 Å². The standard InChI is InChI=1S/C13H12N4O2/c1-7-4-12(17-16-7)15-13(18)11-6-8-5-9(14)2-3-10(8)19-11/h2-6H,14H2,1H3,(H2,15,16,17,18). The van der Waals surface area contributed by atoms with E-state index in [1.807, 2.05) is 6.92 Å². The molecule has 0 fully saturated rings. The van der Waals surface area contributed by atoms with Crippen molar-refractivity contribution >= 4 is 28.4 Å². The molecule has 0 spiro atoms. The number of furan rings is 1. The van der Waals surface area contributed by atoms with E-state index < -0.39 is 0 Å². The minimum atomic E-state index is -0.346. The molecule has 2 heterocycles. The normalized spacial score (nSPS) is 10.8. The summed E-state index contributed by atoms with van der Waals surface area (Å²) in [6, 6.07) is 8.61. The van der Waals surface area contributed by atoms with Crippen LogP contribution >= 0.6 is 0 Å². The van der Waals surface area contributed by atoms with E-state index in [-0.39, 0.29) is 11.7 Å². The van der Waals surface area contributed by atoms with E-state index in [9.17, 15) is 4.79 Å². The third-order valence-electron chi connectivity index (χ3n) is 2.71. The zero-order chi connectivity index (χ0) is 13.4. The number of anilines is 2. The van der Waals surface area contributed by atoms with Gasteiger partial charge in [-0.15, -0.1) is 0 Å². The largest absolute Gasteiger partial charge is 0.451 e. The number of H-pyrrole nitrogens is 1. The fourth-order valence-corrected chi connectivity index (χ4v) is 1.83. The van der Waals surface area contributed by atoms with Crippen LogP contribution < -0.4 is 11.1 Å². The Kier molecular flexibility index (Phi) is 2.49. The van der Waals surface area contributed by atoms with Crippen LogP contribution in [0.3, 0.4) is 0 Å². The van der Waals surface area contributed by atoms with Crippen molar-refractivity contribution in [1.82, 2.24) is 10.2 Å². The number of aromatic amines is 1. The first kappa shape index (κ1) is 11.3. The number of carbonyl (C=O) groups is 1. The number of nitrogens with zero attached hydrogens (tertiary/aromatic N) is 1. The number of nitrogen functional groups attached to an aromatic ring is 1. The van der Waals surface area contributed by atoms with E-state index in [0.717, 1.165) is 11.1 Å². The number of hydrogen-bond donors (Lipinski definition) is 3. The first-order chi connectivity index (χ1) is 9.11. The number of benzene rings is 1. The summed E-state index contributed by atoms with van der Waals surface area (Å²) in [5.41, 5.74) is 7.80. The molecule has 0 saturated carbocycles. The quantitative estimate of drug-likeness (QED) is 0.613. The summed E-state index contributed by atoms with van der Waals surface area (Å²) in [5.74, 6) is 0.338. The van der Waals surface area contributed by atoms with Gasteiger partial charge in [0.15, 0.2) is 11.6 Å². The second-order valence-electron chi connectivity index (χ2n) is 4.30. The molecule has 1 aromatic carbocycles. The summed E-state index contributed by atoms with van der Waals surface area (Å²) >= 11 is 0. The van der Waals surface area contributed by atoms with Crippen molar-refractivity contribution < 1.29 is 9.21 Å². The van der Waals surface area contributed by atoms with Gasteiger partial charge in [-0.3, -0.25) is 9.89 Å². The van der Waals surface area contributed by atoms with Gasteiger partial charge in [0.25, 0.3) is 5.91 Å². The highest BCUT2D eigenvalue weighted by Crippen LogP contribution is 2.22. The molecule has 0 unspecified atom stereocenters. The van der Waals surface area contributed by atoms with Gasteiger partial charge in [0.1, 0.15) is 5.58 Å². The summed E-state index contributed by atoms with van der Waals surface area (Å²) in [6.45, 7) is 1.85. The van der Waals surface area contributed by atoms with Crippen LogP contribution in [0.2, 0.25) is 0 Å². The average Bonchev–Trinajstić information content (AvgIpc) is 2.95. The number of amides is 1. The second kappa shape index (κ2) is 4.16. The maximum Gasteiger partial charge on any atom is 0.292 e. The van der Waals surface area contributed by atoms with Gasteiger partial charge in [-0.2, -0.15) is 5.10 Å². The monoisotopic (exact) mass is 256 g/mol. The van der Waals surface area contributed by atoms with Gasteiger partial charge in [-0.25, -0.2) is 0 Å². The number of aryl methyl sites for hydroxylation is 1. The highest BCUT2D eigenvalue weighted by atomic mass is 16.3. The second-order valence-corrected chi connectivity index (χ2v) is 4.30. The smallest absolute Gasteiger partial charge is 0.292 e. The molecule has 0 atom stereocenters. The van der Waals surface area contributed by atoms with E-state index in [1.165, 1.54) is 0 Å². The van der Waals surface area contributed by atoms with Gasteiger partial charge in [0.05, 0.1) is 0 Å².